The lowest BCUT2D eigenvalue weighted by Crippen LogP contribution is -2.19. The van der Waals surface area contributed by atoms with Crippen LogP contribution < -0.4 is 5.73 Å². The van der Waals surface area contributed by atoms with E-state index in [-0.39, 0.29) is 0 Å². The molecule has 1 aliphatic heterocycles. The van der Waals surface area contributed by atoms with E-state index in [9.17, 15) is 0 Å². The summed E-state index contributed by atoms with van der Waals surface area (Å²) in [5, 5.41) is 0. The molecule has 0 radical (unpaired) electrons. The number of aliphatic imine (C=N–C) groups is 1. The van der Waals surface area contributed by atoms with Gasteiger partial charge in [-0.15, -0.1) is 0 Å². The van der Waals surface area contributed by atoms with Gasteiger partial charge in [0, 0.05) is 18.9 Å². The summed E-state index contributed by atoms with van der Waals surface area (Å²) >= 11 is 0. The first-order valence-corrected chi connectivity index (χ1v) is 4.33. The van der Waals surface area contributed by atoms with E-state index in [0.29, 0.717) is 6.04 Å². The third-order valence-corrected chi connectivity index (χ3v) is 1.91. The highest BCUT2D eigenvalue weighted by Crippen LogP contribution is 2.10. The zero-order valence-electron chi connectivity index (χ0n) is 7.49. The molecule has 12 heavy (non-hydrogen) atoms. The molecule has 0 saturated carbocycles. The second-order valence-electron chi connectivity index (χ2n) is 2.97. The standard InChI is InChI=1S/C9H16N2O/c1-8(2-5-10)11-9-3-6-12-7-4-9/h2,5,9H,3-4,6-7,10H2,1H3. The predicted octanol–water partition coefficient (Wildman–Crippen LogP) is 1.10. The number of rotatable bonds is 2. The van der Waals surface area contributed by atoms with Crippen molar-refractivity contribution in [2.24, 2.45) is 10.7 Å². The molecule has 0 atom stereocenters. The van der Waals surface area contributed by atoms with Gasteiger partial charge in [-0.05, 0) is 32.0 Å². The molecule has 1 rings (SSSR count). The molecular formula is C9H16N2O. The summed E-state index contributed by atoms with van der Waals surface area (Å²) in [6.07, 6.45) is 5.43. The minimum atomic E-state index is 0.440. The molecule has 1 heterocycles. The van der Waals surface area contributed by atoms with Crippen molar-refractivity contribution in [3.63, 3.8) is 0 Å². The molecule has 0 spiro atoms. The summed E-state index contributed by atoms with van der Waals surface area (Å²) in [5.74, 6) is 0. The third kappa shape index (κ3) is 3.05. The van der Waals surface area contributed by atoms with Crippen LogP contribution in [0.2, 0.25) is 0 Å². The van der Waals surface area contributed by atoms with E-state index in [1.165, 1.54) is 6.20 Å². The molecule has 0 aromatic carbocycles. The van der Waals surface area contributed by atoms with E-state index in [1.54, 1.807) is 0 Å². The highest BCUT2D eigenvalue weighted by atomic mass is 16.5. The molecule has 0 aromatic rings. The summed E-state index contributed by atoms with van der Waals surface area (Å²) in [4.78, 5) is 4.50. The summed E-state index contributed by atoms with van der Waals surface area (Å²) < 4.78 is 5.23. The lowest BCUT2D eigenvalue weighted by atomic mass is 10.1. The van der Waals surface area contributed by atoms with Gasteiger partial charge in [0.1, 0.15) is 0 Å². The number of hydrogen-bond donors (Lipinski definition) is 1. The lowest BCUT2D eigenvalue weighted by Gasteiger charge is -2.18. The van der Waals surface area contributed by atoms with E-state index in [0.717, 1.165) is 31.8 Å². The maximum atomic E-state index is 5.25. The van der Waals surface area contributed by atoms with Gasteiger partial charge in [-0.3, -0.25) is 4.99 Å². The predicted molar refractivity (Wildman–Crippen MR) is 50.3 cm³/mol. The molecule has 0 bridgehead atoms. The van der Waals surface area contributed by atoms with E-state index in [2.05, 4.69) is 4.99 Å². The zero-order valence-corrected chi connectivity index (χ0v) is 7.49. The first-order chi connectivity index (χ1) is 5.83. The van der Waals surface area contributed by atoms with Crippen LogP contribution in [0, 0.1) is 0 Å². The van der Waals surface area contributed by atoms with Crippen molar-refractivity contribution in [3.8, 4) is 0 Å². The van der Waals surface area contributed by atoms with Gasteiger partial charge in [0.05, 0.1) is 6.04 Å². The Labute approximate surface area is 73.3 Å². The molecule has 68 valence electrons. The quantitative estimate of drug-likeness (QED) is 0.627. The van der Waals surface area contributed by atoms with Gasteiger partial charge in [-0.1, -0.05) is 0 Å². The fraction of sp³-hybridized carbons (Fsp3) is 0.667. The zero-order chi connectivity index (χ0) is 8.81. The van der Waals surface area contributed by atoms with Crippen LogP contribution in [0.3, 0.4) is 0 Å². The Kier molecular flexibility index (Phi) is 3.80. The SMILES string of the molecule is CC(C=CN)=NC1CCOCC1. The van der Waals surface area contributed by atoms with Crippen molar-refractivity contribution in [3.05, 3.63) is 12.3 Å². The largest absolute Gasteiger partial charge is 0.405 e. The fourth-order valence-corrected chi connectivity index (χ4v) is 1.28. The minimum absolute atomic E-state index is 0.440. The van der Waals surface area contributed by atoms with Gasteiger partial charge in [0.15, 0.2) is 0 Å². The van der Waals surface area contributed by atoms with Crippen LogP contribution in [0.5, 0.6) is 0 Å². The molecule has 0 amide bonds. The Morgan fingerprint density at radius 1 is 1.50 bits per heavy atom. The van der Waals surface area contributed by atoms with E-state index in [4.69, 9.17) is 10.5 Å². The molecule has 1 saturated heterocycles. The second-order valence-corrected chi connectivity index (χ2v) is 2.97. The molecule has 1 aliphatic rings. The van der Waals surface area contributed by atoms with E-state index < -0.39 is 0 Å². The minimum Gasteiger partial charge on any atom is -0.405 e. The Morgan fingerprint density at radius 2 is 2.17 bits per heavy atom. The van der Waals surface area contributed by atoms with Gasteiger partial charge in [0.25, 0.3) is 0 Å². The Bertz CT molecular complexity index is 181. The van der Waals surface area contributed by atoms with Crippen LogP contribution in [0.25, 0.3) is 0 Å². The number of hydrogen-bond acceptors (Lipinski definition) is 3. The van der Waals surface area contributed by atoms with Crippen LogP contribution >= 0.6 is 0 Å². The van der Waals surface area contributed by atoms with Crippen molar-refractivity contribution < 1.29 is 4.74 Å². The summed E-state index contributed by atoms with van der Waals surface area (Å²) in [5.41, 5.74) is 6.25. The Morgan fingerprint density at radius 3 is 2.75 bits per heavy atom. The number of nitrogens with zero attached hydrogens (tertiary/aromatic N) is 1. The van der Waals surface area contributed by atoms with Crippen molar-refractivity contribution >= 4 is 5.71 Å². The van der Waals surface area contributed by atoms with Gasteiger partial charge in [-0.2, -0.15) is 0 Å². The van der Waals surface area contributed by atoms with Gasteiger partial charge in [0.2, 0.25) is 0 Å². The normalized spacial score (nSPS) is 21.9. The summed E-state index contributed by atoms with van der Waals surface area (Å²) in [6.45, 7) is 3.65. The molecule has 0 unspecified atom stereocenters. The first kappa shape index (κ1) is 9.26. The van der Waals surface area contributed by atoms with Crippen LogP contribution in [0.15, 0.2) is 17.3 Å². The highest BCUT2D eigenvalue weighted by Gasteiger charge is 2.11. The molecule has 0 aromatic heterocycles. The van der Waals surface area contributed by atoms with Crippen molar-refractivity contribution in [1.82, 2.24) is 0 Å². The van der Waals surface area contributed by atoms with Crippen molar-refractivity contribution in [2.45, 2.75) is 25.8 Å². The Balaban J connectivity index is 2.41. The molecular weight excluding hydrogens is 152 g/mol. The molecule has 3 heteroatoms. The Hall–Kier alpha value is -0.830. The maximum absolute atomic E-state index is 5.25. The van der Waals surface area contributed by atoms with Gasteiger partial charge in [-0.25, -0.2) is 0 Å². The second kappa shape index (κ2) is 4.93. The van der Waals surface area contributed by atoms with Crippen LogP contribution in [-0.2, 0) is 4.74 Å². The summed E-state index contributed by atoms with van der Waals surface area (Å²) in [6, 6.07) is 0.440. The van der Waals surface area contributed by atoms with Gasteiger partial charge >= 0.3 is 0 Å². The van der Waals surface area contributed by atoms with E-state index >= 15 is 0 Å². The van der Waals surface area contributed by atoms with Crippen LogP contribution in [-0.4, -0.2) is 25.0 Å². The average Bonchev–Trinajstić information content (AvgIpc) is 2.06. The average molecular weight is 168 g/mol. The topological polar surface area (TPSA) is 47.6 Å². The fourth-order valence-electron chi connectivity index (χ4n) is 1.28. The molecule has 3 nitrogen and oxygen atoms in total. The molecule has 1 fully saturated rings. The number of nitrogens with two attached hydrogens (primary N) is 1. The number of ether oxygens (including phenoxy) is 1. The van der Waals surface area contributed by atoms with E-state index in [1.807, 2.05) is 13.0 Å². The van der Waals surface area contributed by atoms with Crippen molar-refractivity contribution in [1.29, 1.82) is 0 Å². The van der Waals surface area contributed by atoms with Crippen molar-refractivity contribution in [2.75, 3.05) is 13.2 Å². The first-order valence-electron chi connectivity index (χ1n) is 4.33. The van der Waals surface area contributed by atoms with Gasteiger partial charge < -0.3 is 10.5 Å². The highest BCUT2D eigenvalue weighted by molar-refractivity contribution is 5.92. The van der Waals surface area contributed by atoms with Crippen LogP contribution in [0.1, 0.15) is 19.8 Å². The maximum Gasteiger partial charge on any atom is 0.0546 e. The number of allylic oxidation sites excluding steroid dienone is 1. The summed E-state index contributed by atoms with van der Waals surface area (Å²) in [7, 11) is 0. The third-order valence-electron chi connectivity index (χ3n) is 1.91. The smallest absolute Gasteiger partial charge is 0.0546 e. The molecule has 2 N–H and O–H groups in total. The lowest BCUT2D eigenvalue weighted by molar-refractivity contribution is 0.0871. The van der Waals surface area contributed by atoms with Crippen LogP contribution in [0.4, 0.5) is 0 Å². The monoisotopic (exact) mass is 168 g/mol. The molecule has 0 aliphatic carbocycles.